The van der Waals surface area contributed by atoms with E-state index in [0.29, 0.717) is 36.2 Å². The van der Waals surface area contributed by atoms with Gasteiger partial charge in [0.15, 0.2) is 17.3 Å². The van der Waals surface area contributed by atoms with E-state index in [1.807, 2.05) is 32.0 Å². The summed E-state index contributed by atoms with van der Waals surface area (Å²) < 4.78 is 12.2. The van der Waals surface area contributed by atoms with Crippen LogP contribution in [-0.4, -0.2) is 53.0 Å². The first-order valence-corrected chi connectivity index (χ1v) is 9.77. The Kier molecular flexibility index (Phi) is 7.21. The van der Waals surface area contributed by atoms with Crippen LogP contribution < -0.4 is 20.1 Å². The van der Waals surface area contributed by atoms with Gasteiger partial charge in [0.1, 0.15) is 12.1 Å². The first-order valence-electron chi connectivity index (χ1n) is 9.77. The van der Waals surface area contributed by atoms with Gasteiger partial charge in [0.25, 0.3) is 0 Å². The highest BCUT2D eigenvalue weighted by atomic mass is 16.5. The van der Waals surface area contributed by atoms with Gasteiger partial charge in [0.05, 0.1) is 19.9 Å². The predicted molar refractivity (Wildman–Crippen MR) is 119 cm³/mol. The number of benzene rings is 1. The van der Waals surface area contributed by atoms with Crippen molar-refractivity contribution >= 4 is 17.8 Å². The van der Waals surface area contributed by atoms with Crippen molar-refractivity contribution < 1.29 is 14.3 Å². The Hall–Kier alpha value is -3.88. The number of carbonyl (C=O) groups is 1. The molecular formula is C22H26N6O3. The lowest BCUT2D eigenvalue weighted by Gasteiger charge is -2.08. The van der Waals surface area contributed by atoms with E-state index in [-0.39, 0.29) is 5.91 Å². The molecule has 0 aliphatic carbocycles. The highest BCUT2D eigenvalue weighted by Crippen LogP contribution is 2.27. The van der Waals surface area contributed by atoms with Crippen LogP contribution in [0.25, 0.3) is 11.9 Å². The zero-order valence-corrected chi connectivity index (χ0v) is 18.0. The van der Waals surface area contributed by atoms with E-state index in [4.69, 9.17) is 9.47 Å². The fourth-order valence-corrected chi connectivity index (χ4v) is 2.98. The van der Waals surface area contributed by atoms with Gasteiger partial charge in [-0.2, -0.15) is 5.10 Å². The fraction of sp³-hybridized carbons (Fsp3) is 0.273. The van der Waals surface area contributed by atoms with Gasteiger partial charge in [0, 0.05) is 30.9 Å². The highest BCUT2D eigenvalue weighted by Gasteiger charge is 2.07. The number of rotatable bonds is 9. The molecule has 3 aromatic rings. The number of ether oxygens (including phenoxy) is 2. The van der Waals surface area contributed by atoms with Crippen LogP contribution in [0.15, 0.2) is 42.7 Å². The molecule has 0 aliphatic rings. The number of hydrogen-bond acceptors (Lipinski definition) is 7. The molecule has 2 aromatic heterocycles. The first-order chi connectivity index (χ1) is 15.0. The van der Waals surface area contributed by atoms with Crippen molar-refractivity contribution in [3.63, 3.8) is 0 Å². The predicted octanol–water partition coefficient (Wildman–Crippen LogP) is 2.54. The third kappa shape index (κ3) is 5.81. The molecule has 2 heterocycles. The minimum Gasteiger partial charge on any atom is -0.493 e. The molecule has 1 amide bonds. The quantitative estimate of drug-likeness (QED) is 0.403. The van der Waals surface area contributed by atoms with Crippen LogP contribution in [0.5, 0.6) is 11.5 Å². The molecule has 0 bridgehead atoms. The maximum Gasteiger partial charge on any atom is 0.244 e. The lowest BCUT2D eigenvalue weighted by Crippen LogP contribution is -2.27. The Morgan fingerprint density at radius 1 is 1.06 bits per heavy atom. The molecule has 31 heavy (non-hydrogen) atoms. The van der Waals surface area contributed by atoms with Crippen LogP contribution in [0.1, 0.15) is 17.0 Å². The third-order valence-electron chi connectivity index (χ3n) is 4.44. The van der Waals surface area contributed by atoms with Gasteiger partial charge in [0.2, 0.25) is 5.91 Å². The number of amides is 1. The van der Waals surface area contributed by atoms with Crippen LogP contribution in [-0.2, 0) is 4.79 Å². The van der Waals surface area contributed by atoms with Crippen LogP contribution >= 0.6 is 0 Å². The molecule has 1 aromatic carbocycles. The summed E-state index contributed by atoms with van der Waals surface area (Å²) in [6, 6.07) is 9.25. The van der Waals surface area contributed by atoms with Crippen molar-refractivity contribution in [2.45, 2.75) is 13.8 Å². The van der Waals surface area contributed by atoms with Crippen molar-refractivity contribution in [3.05, 3.63) is 59.7 Å². The largest absolute Gasteiger partial charge is 0.493 e. The molecule has 0 radical (unpaired) electrons. The second-order valence-electron chi connectivity index (χ2n) is 6.77. The van der Waals surface area contributed by atoms with E-state index in [0.717, 1.165) is 17.0 Å². The zero-order valence-electron chi connectivity index (χ0n) is 18.0. The molecule has 0 spiro atoms. The van der Waals surface area contributed by atoms with Gasteiger partial charge in [-0.15, -0.1) is 0 Å². The Morgan fingerprint density at radius 3 is 2.58 bits per heavy atom. The van der Waals surface area contributed by atoms with Crippen LogP contribution in [0.4, 0.5) is 5.82 Å². The molecule has 0 saturated heterocycles. The van der Waals surface area contributed by atoms with Crippen LogP contribution in [0, 0.1) is 13.8 Å². The molecule has 0 unspecified atom stereocenters. The van der Waals surface area contributed by atoms with Gasteiger partial charge in [-0.05, 0) is 43.7 Å². The zero-order chi connectivity index (χ0) is 22.2. The topological polar surface area (TPSA) is 103 Å². The van der Waals surface area contributed by atoms with Gasteiger partial charge >= 0.3 is 0 Å². The summed E-state index contributed by atoms with van der Waals surface area (Å²) in [6.07, 6.45) is 4.68. The molecule has 9 heteroatoms. The number of aryl methyl sites for hydroxylation is 2. The SMILES string of the molecule is COc1ccc(C=CC(=O)NCCNc2cc(-n3nc(C)cc3C)ncn2)cc1OC. The molecule has 162 valence electrons. The second-order valence-corrected chi connectivity index (χ2v) is 6.77. The average Bonchev–Trinajstić information content (AvgIpc) is 3.13. The lowest BCUT2D eigenvalue weighted by molar-refractivity contribution is -0.116. The molecule has 0 saturated carbocycles. The third-order valence-corrected chi connectivity index (χ3v) is 4.44. The lowest BCUT2D eigenvalue weighted by atomic mass is 10.2. The Labute approximate surface area is 181 Å². The van der Waals surface area contributed by atoms with Gasteiger partial charge in [-0.25, -0.2) is 14.6 Å². The average molecular weight is 422 g/mol. The van der Waals surface area contributed by atoms with Crippen LogP contribution in [0.2, 0.25) is 0 Å². The summed E-state index contributed by atoms with van der Waals surface area (Å²) in [4.78, 5) is 20.5. The fourth-order valence-electron chi connectivity index (χ4n) is 2.98. The number of anilines is 1. The summed E-state index contributed by atoms with van der Waals surface area (Å²) >= 11 is 0. The maximum absolute atomic E-state index is 12.1. The number of nitrogens with zero attached hydrogens (tertiary/aromatic N) is 4. The van der Waals surface area contributed by atoms with Gasteiger partial charge in [-0.3, -0.25) is 4.79 Å². The molecule has 0 aliphatic heterocycles. The van der Waals surface area contributed by atoms with Gasteiger partial charge in [-0.1, -0.05) is 6.07 Å². The Morgan fingerprint density at radius 2 is 1.87 bits per heavy atom. The molecule has 0 fully saturated rings. The monoisotopic (exact) mass is 422 g/mol. The smallest absolute Gasteiger partial charge is 0.244 e. The molecule has 3 rings (SSSR count). The normalized spacial score (nSPS) is 10.8. The van der Waals surface area contributed by atoms with E-state index in [9.17, 15) is 4.79 Å². The van der Waals surface area contributed by atoms with Crippen molar-refractivity contribution in [3.8, 4) is 17.3 Å². The molecular weight excluding hydrogens is 396 g/mol. The summed E-state index contributed by atoms with van der Waals surface area (Å²) in [5.74, 6) is 2.40. The number of nitrogens with one attached hydrogen (secondary N) is 2. The van der Waals surface area contributed by atoms with Crippen molar-refractivity contribution in [2.24, 2.45) is 0 Å². The highest BCUT2D eigenvalue weighted by molar-refractivity contribution is 5.91. The number of hydrogen-bond donors (Lipinski definition) is 2. The van der Waals surface area contributed by atoms with Gasteiger partial charge < -0.3 is 20.1 Å². The van der Waals surface area contributed by atoms with E-state index in [1.54, 1.807) is 37.1 Å². The number of methoxy groups -OCH3 is 2. The van der Waals surface area contributed by atoms with E-state index in [1.165, 1.54) is 12.4 Å². The van der Waals surface area contributed by atoms with Crippen molar-refractivity contribution in [2.75, 3.05) is 32.6 Å². The minimum absolute atomic E-state index is 0.192. The Bertz CT molecular complexity index is 1080. The molecule has 2 N–H and O–H groups in total. The molecule has 9 nitrogen and oxygen atoms in total. The number of carbonyl (C=O) groups excluding carboxylic acids is 1. The van der Waals surface area contributed by atoms with E-state index >= 15 is 0 Å². The minimum atomic E-state index is -0.192. The van der Waals surface area contributed by atoms with Crippen LogP contribution in [0.3, 0.4) is 0 Å². The standard InChI is InChI=1S/C22H26N6O3/c1-15-11-16(2)28(27-15)21-13-20(25-14-26-21)23-9-10-24-22(29)8-6-17-5-7-18(30-3)19(12-17)31-4/h5-8,11-14H,9-10H2,1-4H3,(H,24,29)(H,23,25,26). The summed E-state index contributed by atoms with van der Waals surface area (Å²) in [7, 11) is 3.15. The van der Waals surface area contributed by atoms with Crippen molar-refractivity contribution in [1.29, 1.82) is 0 Å². The Balaban J connectivity index is 1.49. The molecule has 0 atom stereocenters. The second kappa shape index (κ2) is 10.2. The maximum atomic E-state index is 12.1. The number of aromatic nitrogens is 4. The first kappa shape index (κ1) is 21.8. The summed E-state index contributed by atoms with van der Waals surface area (Å²) in [5.41, 5.74) is 2.76. The summed E-state index contributed by atoms with van der Waals surface area (Å²) in [5, 5.41) is 10.4. The summed E-state index contributed by atoms with van der Waals surface area (Å²) in [6.45, 7) is 4.87. The van der Waals surface area contributed by atoms with E-state index in [2.05, 4.69) is 25.7 Å². The van der Waals surface area contributed by atoms with Crippen molar-refractivity contribution in [1.82, 2.24) is 25.1 Å². The van der Waals surface area contributed by atoms with E-state index < -0.39 is 0 Å².